The van der Waals surface area contributed by atoms with E-state index in [2.05, 4.69) is 86.1 Å². The van der Waals surface area contributed by atoms with Crippen molar-refractivity contribution in [3.05, 3.63) is 103 Å². The molecule has 0 unspecified atom stereocenters. The molecule has 0 saturated carbocycles. The summed E-state index contributed by atoms with van der Waals surface area (Å²) in [5.74, 6) is 2.88. The molecule has 0 radical (unpaired) electrons. The molecule has 9 heterocycles. The summed E-state index contributed by atoms with van der Waals surface area (Å²) in [7, 11) is 0. The van der Waals surface area contributed by atoms with Gasteiger partial charge in [-0.2, -0.15) is 19.9 Å². The zero-order valence-corrected chi connectivity index (χ0v) is 54.5. The van der Waals surface area contributed by atoms with E-state index in [1.54, 1.807) is 81.2 Å². The van der Waals surface area contributed by atoms with Gasteiger partial charge in [0.2, 0.25) is 23.8 Å². The first-order valence-electron chi connectivity index (χ1n) is 31.9. The number of aryl methyl sites for hydroxylation is 1. The first-order chi connectivity index (χ1) is 45.3. The van der Waals surface area contributed by atoms with Crippen LogP contribution < -0.4 is 49.9 Å². The van der Waals surface area contributed by atoms with Gasteiger partial charge in [0.05, 0.1) is 51.8 Å². The Morgan fingerprint density at radius 3 is 1.05 bits per heavy atom. The number of hydrogen-bond donors (Lipinski definition) is 11. The van der Waals surface area contributed by atoms with Crippen molar-refractivity contribution < 1.29 is 29.4 Å². The molecule has 0 aliphatic heterocycles. The number of fused-ring (bicyclic) bond motifs is 4. The molecule has 94 heavy (non-hydrogen) atoms. The number of nitrogens with two attached hydrogens (primary N) is 5. The number of nitrogen functional groups attached to an aromatic ring is 4. The van der Waals surface area contributed by atoms with E-state index >= 15 is 0 Å². The highest BCUT2D eigenvalue weighted by atomic mass is 16.3. The van der Waals surface area contributed by atoms with Crippen molar-refractivity contribution in [3.8, 4) is 0 Å². The van der Waals surface area contributed by atoms with Gasteiger partial charge in [-0.25, -0.2) is 19.9 Å². The lowest BCUT2D eigenvalue weighted by Crippen LogP contribution is -2.32. The fourth-order valence-corrected chi connectivity index (χ4v) is 9.87. The number of ketones is 4. The summed E-state index contributed by atoms with van der Waals surface area (Å²) >= 11 is 0. The van der Waals surface area contributed by atoms with Crippen LogP contribution in [0.15, 0.2) is 97.7 Å². The topological polar surface area (TPSA) is 455 Å². The van der Waals surface area contributed by atoms with Gasteiger partial charge in [-0.05, 0) is 132 Å². The number of carbonyl (C=O) groups is 4. The van der Waals surface area contributed by atoms with Gasteiger partial charge in [0.25, 0.3) is 0 Å². The standard InChI is InChI=1S/C19H22N6O.C17H25N5O2.C15H22N6O.C15H21N5O2/c1-2-6-14(16(26)10-9-13-7-3-4-11-21-13)23-18-17-15(8-5-12-22-17)24-19(20)25-18;1-4-6-11(13(23)8-9-17(2,3)24)20-15-14-12(7-5-10-19-14)21-16(18)22-15;1-2-5-10(12(22)7-3-8-16)19-14-13-11(6-4-9-18-13)20-15(17)21-14;1-2-5-10(12(22)7-4-9-21)18-14-13-11(6-3-8-17-13)19-15(16)20-14/h3-5,7-8,11-12,14H,2,6,9-10H2,1H3,(H3,20,23,24,25);5,7,10-11,24H,4,6,8-9H2,1-3H3,(H3,18,20,21,22);4,6,9-10H,2-3,5,7-8,16H2,1H3,(H3,17,19,20,21);3,6,8,10,21H,2,4-5,7,9H2,1H3,(H3,16,18,19,20)/t14-;11-;2*10-/m0000/s1. The average Bonchev–Trinajstić information content (AvgIpc) is 0.852. The molecule has 4 atom stereocenters. The molecule has 28 nitrogen and oxygen atoms in total. The van der Waals surface area contributed by atoms with E-state index in [1.165, 1.54) is 0 Å². The Kier molecular flexibility index (Phi) is 29.2. The maximum absolute atomic E-state index is 12.7. The Balaban J connectivity index is 0.000000199. The summed E-state index contributed by atoms with van der Waals surface area (Å²) in [6.07, 6.45) is 18.3. The van der Waals surface area contributed by atoms with Crippen LogP contribution in [0.2, 0.25) is 0 Å². The molecule has 0 bridgehead atoms. The van der Waals surface area contributed by atoms with Crippen LogP contribution in [0.3, 0.4) is 0 Å². The second-order valence-corrected chi connectivity index (χ2v) is 22.9. The van der Waals surface area contributed by atoms with Crippen LogP contribution in [-0.4, -0.2) is 141 Å². The molecular formula is C66H90N22O6. The first-order valence-corrected chi connectivity index (χ1v) is 31.9. The molecule has 0 saturated heterocycles. The third kappa shape index (κ3) is 23.0. The second-order valence-electron chi connectivity index (χ2n) is 22.9. The number of hydrogen-bond acceptors (Lipinski definition) is 28. The number of pyridine rings is 5. The molecule has 0 aliphatic carbocycles. The molecule has 0 fully saturated rings. The summed E-state index contributed by atoms with van der Waals surface area (Å²) < 4.78 is 0. The van der Waals surface area contributed by atoms with Gasteiger partial charge in [0.15, 0.2) is 46.4 Å². The van der Waals surface area contributed by atoms with Gasteiger partial charge >= 0.3 is 0 Å². The largest absolute Gasteiger partial charge is 0.396 e. The molecule has 0 aliphatic rings. The minimum absolute atomic E-state index is 0.00945. The molecule has 0 aromatic carbocycles. The number of aliphatic hydroxyl groups is 2. The van der Waals surface area contributed by atoms with E-state index in [9.17, 15) is 24.3 Å². The normalized spacial score (nSPS) is 12.4. The number of nitrogens with one attached hydrogen (secondary N) is 4. The fraction of sp³-hybridized carbons (Fsp3) is 0.439. The van der Waals surface area contributed by atoms with Crippen molar-refractivity contribution in [3.63, 3.8) is 0 Å². The van der Waals surface area contributed by atoms with Crippen LogP contribution >= 0.6 is 0 Å². The number of Topliss-reactive ketones (excluding diaryl/α,β-unsaturated/α-hetero) is 4. The van der Waals surface area contributed by atoms with Crippen LogP contribution in [0.25, 0.3) is 44.1 Å². The Hall–Kier alpha value is -9.93. The molecule has 16 N–H and O–H groups in total. The third-order valence-electron chi connectivity index (χ3n) is 14.5. The molecule has 0 amide bonds. The van der Waals surface area contributed by atoms with E-state index in [4.69, 9.17) is 33.8 Å². The monoisotopic (exact) mass is 1290 g/mol. The van der Waals surface area contributed by atoms with E-state index in [0.717, 1.165) is 37.8 Å². The van der Waals surface area contributed by atoms with Crippen molar-refractivity contribution in [1.82, 2.24) is 64.8 Å². The lowest BCUT2D eigenvalue weighted by atomic mass is 9.96. The molecule has 9 aromatic heterocycles. The maximum Gasteiger partial charge on any atom is 0.222 e. The SMILES string of the molecule is CCC[C@H](Nc1nc(N)nc2cccnc12)C(=O)CCC(C)(C)O.CCC[C@H](Nc1nc(N)nc2cccnc12)C(=O)CCCN.CCC[C@H](Nc1nc(N)nc2cccnc12)C(=O)CCCO.CCC[C@H](Nc1nc(N)nc2cccnc12)C(=O)CCc1ccccn1. The van der Waals surface area contributed by atoms with Gasteiger partial charge in [0.1, 0.15) is 22.1 Å². The Morgan fingerprint density at radius 2 is 0.755 bits per heavy atom. The average molecular weight is 1290 g/mol. The van der Waals surface area contributed by atoms with Crippen molar-refractivity contribution in [2.75, 3.05) is 57.4 Å². The third-order valence-corrected chi connectivity index (χ3v) is 14.5. The van der Waals surface area contributed by atoms with E-state index in [0.29, 0.717) is 145 Å². The van der Waals surface area contributed by atoms with Gasteiger partial charge in [0, 0.05) is 69.0 Å². The second kappa shape index (κ2) is 37.5. The molecule has 28 heteroatoms. The number of aliphatic hydroxyl groups excluding tert-OH is 1. The summed E-state index contributed by atoms with van der Waals surface area (Å²) in [5, 5.41) is 31.4. The molecular weight excluding hydrogens is 1200 g/mol. The minimum Gasteiger partial charge on any atom is -0.396 e. The van der Waals surface area contributed by atoms with Gasteiger partial charge in [-0.1, -0.05) is 59.4 Å². The summed E-state index contributed by atoms with van der Waals surface area (Å²) in [4.78, 5) is 105. The molecule has 0 spiro atoms. The number of aromatic nitrogens is 13. The fourth-order valence-electron chi connectivity index (χ4n) is 9.87. The highest BCUT2D eigenvalue weighted by molar-refractivity contribution is 5.94. The van der Waals surface area contributed by atoms with Crippen LogP contribution in [0.4, 0.5) is 47.1 Å². The Morgan fingerprint density at radius 1 is 0.436 bits per heavy atom. The number of nitrogens with zero attached hydrogens (tertiary/aromatic N) is 13. The maximum atomic E-state index is 12.7. The number of carbonyl (C=O) groups excluding carboxylic acids is 4. The van der Waals surface area contributed by atoms with Gasteiger partial charge in [-0.15, -0.1) is 0 Å². The predicted molar refractivity (Wildman–Crippen MR) is 369 cm³/mol. The smallest absolute Gasteiger partial charge is 0.222 e. The van der Waals surface area contributed by atoms with E-state index in [1.807, 2.05) is 58.0 Å². The molecule has 9 rings (SSSR count). The summed E-state index contributed by atoms with van der Waals surface area (Å²) in [6.45, 7) is 12.0. The van der Waals surface area contributed by atoms with Crippen molar-refractivity contribution in [2.24, 2.45) is 5.73 Å². The number of anilines is 8. The molecule has 9 aromatic rings. The molecule has 500 valence electrons. The lowest BCUT2D eigenvalue weighted by Gasteiger charge is -2.21. The van der Waals surface area contributed by atoms with Crippen molar-refractivity contribution in [2.45, 2.75) is 174 Å². The lowest BCUT2D eigenvalue weighted by molar-refractivity contribution is -0.121. The van der Waals surface area contributed by atoms with E-state index < -0.39 is 11.6 Å². The summed E-state index contributed by atoms with van der Waals surface area (Å²) in [5.41, 5.74) is 33.5. The van der Waals surface area contributed by atoms with Crippen molar-refractivity contribution in [1.29, 1.82) is 0 Å². The van der Waals surface area contributed by atoms with Gasteiger partial charge in [-0.3, -0.25) is 44.1 Å². The van der Waals surface area contributed by atoms with Crippen LogP contribution in [0.5, 0.6) is 0 Å². The van der Waals surface area contributed by atoms with Crippen LogP contribution in [0.1, 0.15) is 144 Å². The Labute approximate surface area is 546 Å². The minimum atomic E-state index is -0.861. The highest BCUT2D eigenvalue weighted by Gasteiger charge is 2.25. The highest BCUT2D eigenvalue weighted by Crippen LogP contribution is 2.26. The van der Waals surface area contributed by atoms with Crippen LogP contribution in [-0.2, 0) is 25.6 Å². The predicted octanol–water partition coefficient (Wildman–Crippen LogP) is 8.12. The van der Waals surface area contributed by atoms with Gasteiger partial charge < -0.3 is 60.1 Å². The zero-order chi connectivity index (χ0) is 68.0. The van der Waals surface area contributed by atoms with Crippen molar-refractivity contribution >= 4 is 114 Å². The first kappa shape index (κ1) is 73.1. The zero-order valence-electron chi connectivity index (χ0n) is 54.5. The van der Waals surface area contributed by atoms with Crippen LogP contribution in [0, 0.1) is 0 Å². The number of rotatable bonds is 32. The van der Waals surface area contributed by atoms with E-state index in [-0.39, 0.29) is 71.7 Å². The Bertz CT molecular complexity index is 3770. The quantitative estimate of drug-likeness (QED) is 0.0189. The summed E-state index contributed by atoms with van der Waals surface area (Å²) in [6, 6.07) is 18.7.